The molecule has 4 rings (SSSR count). The fourth-order valence-electron chi connectivity index (χ4n) is 3.21. The number of benzene rings is 1. The predicted octanol–water partition coefficient (Wildman–Crippen LogP) is 2.02. The molecule has 0 bridgehead atoms. The Kier molecular flexibility index (Phi) is 2.72. The van der Waals surface area contributed by atoms with Crippen LogP contribution in [0.15, 0.2) is 30.5 Å². The number of rotatable bonds is 2. The lowest BCUT2D eigenvalue weighted by Gasteiger charge is -2.17. The third-order valence-corrected chi connectivity index (χ3v) is 4.73. The molecule has 1 saturated heterocycles. The highest BCUT2D eigenvalue weighted by Crippen LogP contribution is 2.58. The molecule has 2 fully saturated rings. The topological polar surface area (TPSA) is 55.3 Å². The number of nitrogens with zero attached hydrogens (tertiary/aromatic N) is 3. The molecule has 108 valence electrons. The Labute approximate surface area is 122 Å². The molecule has 2 heterocycles. The number of carbonyl (C=O) groups is 1. The Balaban J connectivity index is 1.58. The summed E-state index contributed by atoms with van der Waals surface area (Å²) in [7, 11) is 1.78. The summed E-state index contributed by atoms with van der Waals surface area (Å²) in [6.45, 7) is 1.50. The van der Waals surface area contributed by atoms with E-state index in [0.717, 1.165) is 37.1 Å². The van der Waals surface area contributed by atoms with Gasteiger partial charge in [-0.15, -0.1) is 0 Å². The van der Waals surface area contributed by atoms with Gasteiger partial charge in [-0.25, -0.2) is 4.98 Å². The Morgan fingerprint density at radius 3 is 2.95 bits per heavy atom. The van der Waals surface area contributed by atoms with Crippen molar-refractivity contribution in [2.45, 2.75) is 12.8 Å². The second kappa shape index (κ2) is 4.49. The zero-order valence-electron chi connectivity index (χ0n) is 12.0. The SMILES string of the molecule is CN(C(=O)C1CC12CCOC2)c1cnc2ccccc2n1. The van der Waals surface area contributed by atoms with Gasteiger partial charge in [0.25, 0.3) is 0 Å². The van der Waals surface area contributed by atoms with Gasteiger partial charge in [-0.2, -0.15) is 0 Å². The summed E-state index contributed by atoms with van der Waals surface area (Å²) in [4.78, 5) is 23.1. The molecule has 21 heavy (non-hydrogen) atoms. The Hall–Kier alpha value is -2.01. The van der Waals surface area contributed by atoms with Crippen LogP contribution in [0.25, 0.3) is 11.0 Å². The van der Waals surface area contributed by atoms with Crippen LogP contribution < -0.4 is 4.90 Å². The van der Waals surface area contributed by atoms with Crippen LogP contribution in [0.5, 0.6) is 0 Å². The fourth-order valence-corrected chi connectivity index (χ4v) is 3.21. The Morgan fingerprint density at radius 1 is 1.38 bits per heavy atom. The number of carbonyl (C=O) groups excluding carboxylic acids is 1. The summed E-state index contributed by atoms with van der Waals surface area (Å²) in [5.41, 5.74) is 1.76. The molecule has 1 amide bonds. The summed E-state index contributed by atoms with van der Waals surface area (Å²) in [6.07, 6.45) is 3.61. The molecule has 2 unspecified atom stereocenters. The van der Waals surface area contributed by atoms with Crippen molar-refractivity contribution in [3.63, 3.8) is 0 Å². The zero-order valence-corrected chi connectivity index (χ0v) is 12.0. The highest BCUT2D eigenvalue weighted by molar-refractivity contribution is 5.96. The maximum absolute atomic E-state index is 12.6. The van der Waals surface area contributed by atoms with Gasteiger partial charge in [-0.1, -0.05) is 12.1 Å². The van der Waals surface area contributed by atoms with E-state index in [4.69, 9.17) is 4.74 Å². The maximum atomic E-state index is 12.6. The highest BCUT2D eigenvalue weighted by Gasteiger charge is 2.60. The molecule has 2 atom stereocenters. The molecule has 5 heteroatoms. The molecule has 1 saturated carbocycles. The minimum absolute atomic E-state index is 0.0817. The van der Waals surface area contributed by atoms with Crippen LogP contribution in [-0.2, 0) is 9.53 Å². The van der Waals surface area contributed by atoms with E-state index >= 15 is 0 Å². The smallest absolute Gasteiger partial charge is 0.231 e. The van der Waals surface area contributed by atoms with E-state index in [0.29, 0.717) is 5.82 Å². The molecule has 0 N–H and O–H groups in total. The van der Waals surface area contributed by atoms with Gasteiger partial charge in [-0.05, 0) is 25.0 Å². The number of ether oxygens (including phenoxy) is 1. The number of fused-ring (bicyclic) bond motifs is 1. The minimum atomic E-state index is 0.0817. The first-order valence-electron chi connectivity index (χ1n) is 7.27. The average molecular weight is 283 g/mol. The summed E-state index contributed by atoms with van der Waals surface area (Å²) in [5.74, 6) is 0.822. The Bertz CT molecular complexity index is 709. The lowest BCUT2D eigenvalue weighted by molar-refractivity contribution is -0.120. The summed E-state index contributed by atoms with van der Waals surface area (Å²) in [5, 5.41) is 0. The number of para-hydroxylation sites is 2. The lowest BCUT2D eigenvalue weighted by Crippen LogP contribution is -2.30. The van der Waals surface area contributed by atoms with Crippen molar-refractivity contribution in [1.82, 2.24) is 9.97 Å². The molecule has 0 radical (unpaired) electrons. The number of anilines is 1. The molecule has 1 aromatic carbocycles. The van der Waals surface area contributed by atoms with Crippen LogP contribution in [0.4, 0.5) is 5.82 Å². The first-order valence-corrected chi connectivity index (χ1v) is 7.27. The highest BCUT2D eigenvalue weighted by atomic mass is 16.5. The number of aromatic nitrogens is 2. The van der Waals surface area contributed by atoms with E-state index in [1.807, 2.05) is 24.3 Å². The van der Waals surface area contributed by atoms with Crippen molar-refractivity contribution < 1.29 is 9.53 Å². The van der Waals surface area contributed by atoms with Gasteiger partial charge in [0.1, 0.15) is 0 Å². The summed E-state index contributed by atoms with van der Waals surface area (Å²) in [6, 6.07) is 7.68. The Morgan fingerprint density at radius 2 is 2.19 bits per heavy atom. The van der Waals surface area contributed by atoms with Crippen LogP contribution in [-0.4, -0.2) is 36.1 Å². The van der Waals surface area contributed by atoms with Crippen molar-refractivity contribution >= 4 is 22.8 Å². The van der Waals surface area contributed by atoms with E-state index < -0.39 is 0 Å². The fraction of sp³-hybridized carbons (Fsp3) is 0.438. The molecule has 5 nitrogen and oxygen atoms in total. The van der Waals surface area contributed by atoms with Crippen molar-refractivity contribution in [1.29, 1.82) is 0 Å². The van der Waals surface area contributed by atoms with Gasteiger partial charge in [0, 0.05) is 25.0 Å². The third-order valence-electron chi connectivity index (χ3n) is 4.73. The van der Waals surface area contributed by atoms with Crippen LogP contribution in [0.3, 0.4) is 0 Å². The molecule has 1 aliphatic carbocycles. The monoisotopic (exact) mass is 283 g/mol. The normalized spacial score (nSPS) is 27.2. The standard InChI is InChI=1S/C16H17N3O2/c1-19(15(20)11-8-16(11)6-7-21-10-16)14-9-17-12-4-2-3-5-13(12)18-14/h2-5,9,11H,6-8,10H2,1H3. The van der Waals surface area contributed by atoms with Crippen molar-refractivity contribution in [2.75, 3.05) is 25.2 Å². The van der Waals surface area contributed by atoms with Crippen molar-refractivity contribution in [2.24, 2.45) is 11.3 Å². The van der Waals surface area contributed by atoms with Gasteiger partial charge >= 0.3 is 0 Å². The van der Waals surface area contributed by atoms with Gasteiger partial charge in [-0.3, -0.25) is 14.7 Å². The molecule has 1 aliphatic heterocycles. The first kappa shape index (κ1) is 12.7. The van der Waals surface area contributed by atoms with Crippen LogP contribution >= 0.6 is 0 Å². The quantitative estimate of drug-likeness (QED) is 0.846. The molecular weight excluding hydrogens is 266 g/mol. The van der Waals surface area contributed by atoms with Gasteiger partial charge < -0.3 is 4.74 Å². The predicted molar refractivity (Wildman–Crippen MR) is 78.9 cm³/mol. The average Bonchev–Trinajstić information content (AvgIpc) is 3.02. The van der Waals surface area contributed by atoms with Crippen LogP contribution in [0.2, 0.25) is 0 Å². The largest absolute Gasteiger partial charge is 0.381 e. The van der Waals surface area contributed by atoms with Crippen LogP contribution in [0, 0.1) is 11.3 Å². The van der Waals surface area contributed by atoms with Gasteiger partial charge in [0.05, 0.1) is 23.8 Å². The van der Waals surface area contributed by atoms with Gasteiger partial charge in [0.2, 0.25) is 5.91 Å². The van der Waals surface area contributed by atoms with Crippen molar-refractivity contribution in [3.05, 3.63) is 30.5 Å². The van der Waals surface area contributed by atoms with E-state index in [2.05, 4.69) is 9.97 Å². The zero-order chi connectivity index (χ0) is 14.4. The van der Waals surface area contributed by atoms with Crippen LogP contribution in [0.1, 0.15) is 12.8 Å². The minimum Gasteiger partial charge on any atom is -0.381 e. The summed E-state index contributed by atoms with van der Waals surface area (Å²) < 4.78 is 5.45. The van der Waals surface area contributed by atoms with E-state index in [1.165, 1.54) is 0 Å². The van der Waals surface area contributed by atoms with E-state index in [-0.39, 0.29) is 17.2 Å². The summed E-state index contributed by atoms with van der Waals surface area (Å²) >= 11 is 0. The third kappa shape index (κ3) is 2.00. The molecular formula is C16H17N3O2. The molecule has 1 aromatic heterocycles. The molecule has 2 aliphatic rings. The lowest BCUT2D eigenvalue weighted by atomic mass is 10.0. The van der Waals surface area contributed by atoms with E-state index in [1.54, 1.807) is 18.1 Å². The maximum Gasteiger partial charge on any atom is 0.231 e. The van der Waals surface area contributed by atoms with Crippen molar-refractivity contribution in [3.8, 4) is 0 Å². The number of hydrogen-bond acceptors (Lipinski definition) is 4. The molecule has 1 spiro atoms. The number of amides is 1. The number of hydrogen-bond donors (Lipinski definition) is 0. The second-order valence-corrected chi connectivity index (χ2v) is 6.04. The van der Waals surface area contributed by atoms with Gasteiger partial charge in [0.15, 0.2) is 5.82 Å². The first-order chi connectivity index (χ1) is 10.2. The van der Waals surface area contributed by atoms with E-state index in [9.17, 15) is 4.79 Å². The molecule has 2 aromatic rings. The second-order valence-electron chi connectivity index (χ2n) is 6.04.